The minimum Gasteiger partial charge on any atom is -0.441 e. The molecule has 20 heavy (non-hydrogen) atoms. The number of morpholine rings is 1. The summed E-state index contributed by atoms with van der Waals surface area (Å²) in [6.07, 6.45) is 1.34. The molecule has 2 aromatic rings. The predicted octanol–water partition coefficient (Wildman–Crippen LogP) is 1.47. The molecule has 2 atom stereocenters. The lowest BCUT2D eigenvalue weighted by Gasteiger charge is -2.45. The average Bonchev–Trinajstić information content (AvgIpc) is 2.77. The highest BCUT2D eigenvalue weighted by molar-refractivity contribution is 5.73. The highest BCUT2D eigenvalue weighted by atomic mass is 16.5. The molecule has 0 radical (unpaired) electrons. The first-order valence-corrected chi connectivity index (χ1v) is 7.06. The lowest BCUT2D eigenvalue weighted by Crippen LogP contribution is -2.58. The van der Waals surface area contributed by atoms with Gasteiger partial charge < -0.3 is 19.6 Å². The summed E-state index contributed by atoms with van der Waals surface area (Å²) in [6, 6.07) is 6.26. The molecule has 2 unspecified atom stereocenters. The van der Waals surface area contributed by atoms with E-state index in [1.807, 2.05) is 25.1 Å². The Morgan fingerprint density at radius 1 is 1.30 bits per heavy atom. The number of nitrogens with zero attached hydrogens (tertiary/aromatic N) is 1. The van der Waals surface area contributed by atoms with Crippen LogP contribution in [0.2, 0.25) is 0 Å². The van der Waals surface area contributed by atoms with E-state index in [4.69, 9.17) is 9.15 Å². The Morgan fingerprint density at radius 2 is 2.05 bits per heavy atom. The third kappa shape index (κ3) is 1.93. The van der Waals surface area contributed by atoms with Crippen LogP contribution in [-0.4, -0.2) is 35.4 Å². The number of aryl methyl sites for hydroxylation is 1. The molecule has 0 aliphatic carbocycles. The SMILES string of the molecule is Cc1nc2ccc(C3(O)CC4COCC(C3)N4)cc2o1. The third-order valence-corrected chi connectivity index (χ3v) is 4.31. The average molecular weight is 274 g/mol. The summed E-state index contributed by atoms with van der Waals surface area (Å²) >= 11 is 0. The number of aromatic nitrogens is 1. The van der Waals surface area contributed by atoms with Gasteiger partial charge in [0.05, 0.1) is 18.8 Å². The van der Waals surface area contributed by atoms with Gasteiger partial charge in [-0.15, -0.1) is 0 Å². The molecule has 3 heterocycles. The summed E-state index contributed by atoms with van der Waals surface area (Å²) in [5.41, 5.74) is 1.69. The summed E-state index contributed by atoms with van der Waals surface area (Å²) in [7, 11) is 0. The van der Waals surface area contributed by atoms with Gasteiger partial charge in [-0.2, -0.15) is 0 Å². The molecule has 5 nitrogen and oxygen atoms in total. The number of hydrogen-bond donors (Lipinski definition) is 2. The third-order valence-electron chi connectivity index (χ3n) is 4.31. The molecule has 106 valence electrons. The number of rotatable bonds is 1. The van der Waals surface area contributed by atoms with E-state index >= 15 is 0 Å². The standard InChI is InChI=1S/C15H18N2O3/c1-9-16-13-3-2-10(4-14(13)20-9)15(18)5-11-7-19-8-12(6-15)17-11/h2-4,11-12,17-18H,5-8H2,1H3. The second-order valence-corrected chi connectivity index (χ2v) is 5.95. The smallest absolute Gasteiger partial charge is 0.192 e. The van der Waals surface area contributed by atoms with Crippen LogP contribution in [0.3, 0.4) is 0 Å². The van der Waals surface area contributed by atoms with Crippen molar-refractivity contribution >= 4 is 11.1 Å². The molecule has 2 aliphatic rings. The van der Waals surface area contributed by atoms with Crippen LogP contribution in [-0.2, 0) is 10.3 Å². The van der Waals surface area contributed by atoms with Crippen LogP contribution in [0.5, 0.6) is 0 Å². The van der Waals surface area contributed by atoms with Crippen molar-refractivity contribution in [1.29, 1.82) is 0 Å². The second kappa shape index (κ2) is 4.28. The molecular weight excluding hydrogens is 256 g/mol. The summed E-state index contributed by atoms with van der Waals surface area (Å²) in [5.74, 6) is 0.653. The zero-order valence-corrected chi connectivity index (χ0v) is 11.4. The first-order chi connectivity index (χ1) is 9.62. The van der Waals surface area contributed by atoms with Crippen LogP contribution in [0.4, 0.5) is 0 Å². The number of oxazole rings is 1. The highest BCUT2D eigenvalue weighted by Crippen LogP contribution is 2.37. The Labute approximate surface area is 116 Å². The number of benzene rings is 1. The molecule has 2 saturated heterocycles. The summed E-state index contributed by atoms with van der Waals surface area (Å²) in [4.78, 5) is 4.30. The number of fused-ring (bicyclic) bond motifs is 3. The Kier molecular flexibility index (Phi) is 2.64. The Bertz CT molecular complexity index is 640. The summed E-state index contributed by atoms with van der Waals surface area (Å²) in [6.45, 7) is 3.17. The van der Waals surface area contributed by atoms with Gasteiger partial charge in [-0.05, 0) is 30.5 Å². The van der Waals surface area contributed by atoms with E-state index in [1.165, 1.54) is 0 Å². The van der Waals surface area contributed by atoms with Gasteiger partial charge in [0.15, 0.2) is 11.5 Å². The van der Waals surface area contributed by atoms with Gasteiger partial charge in [0.1, 0.15) is 5.52 Å². The highest BCUT2D eigenvalue weighted by Gasteiger charge is 2.42. The van der Waals surface area contributed by atoms with Gasteiger partial charge in [0, 0.05) is 19.0 Å². The van der Waals surface area contributed by atoms with Crippen molar-refractivity contribution in [1.82, 2.24) is 10.3 Å². The first-order valence-electron chi connectivity index (χ1n) is 7.06. The van der Waals surface area contributed by atoms with Gasteiger partial charge in [0.2, 0.25) is 0 Å². The summed E-state index contributed by atoms with van der Waals surface area (Å²) in [5, 5.41) is 14.6. The van der Waals surface area contributed by atoms with Crippen LogP contribution >= 0.6 is 0 Å². The Balaban J connectivity index is 1.73. The number of nitrogens with one attached hydrogen (secondary N) is 1. The second-order valence-electron chi connectivity index (χ2n) is 5.95. The molecule has 4 rings (SSSR count). The lowest BCUT2D eigenvalue weighted by atomic mass is 9.78. The van der Waals surface area contributed by atoms with Gasteiger partial charge in [-0.25, -0.2) is 4.98 Å². The van der Waals surface area contributed by atoms with Crippen molar-refractivity contribution < 1.29 is 14.3 Å². The van der Waals surface area contributed by atoms with E-state index in [1.54, 1.807) is 0 Å². The van der Waals surface area contributed by atoms with Crippen LogP contribution in [0.15, 0.2) is 22.6 Å². The fourth-order valence-corrected chi connectivity index (χ4v) is 3.48. The largest absolute Gasteiger partial charge is 0.441 e. The molecular formula is C15H18N2O3. The Hall–Kier alpha value is -1.43. The van der Waals surface area contributed by atoms with Gasteiger partial charge in [0.25, 0.3) is 0 Å². The van der Waals surface area contributed by atoms with Crippen molar-refractivity contribution in [2.24, 2.45) is 0 Å². The molecule has 0 amide bonds. The fraction of sp³-hybridized carbons (Fsp3) is 0.533. The molecule has 2 N–H and O–H groups in total. The van der Waals surface area contributed by atoms with Crippen LogP contribution in [0.1, 0.15) is 24.3 Å². The van der Waals surface area contributed by atoms with Crippen LogP contribution in [0, 0.1) is 6.92 Å². The summed E-state index contributed by atoms with van der Waals surface area (Å²) < 4.78 is 11.1. The van der Waals surface area contributed by atoms with Crippen molar-refractivity contribution in [3.8, 4) is 0 Å². The van der Waals surface area contributed by atoms with Crippen LogP contribution in [0.25, 0.3) is 11.1 Å². The van der Waals surface area contributed by atoms with Crippen molar-refractivity contribution in [3.05, 3.63) is 29.7 Å². The van der Waals surface area contributed by atoms with Crippen LogP contribution < -0.4 is 5.32 Å². The number of aliphatic hydroxyl groups is 1. The first kappa shape index (κ1) is 12.3. The number of hydrogen-bond acceptors (Lipinski definition) is 5. The van der Waals surface area contributed by atoms with Gasteiger partial charge in [-0.3, -0.25) is 0 Å². The molecule has 2 aliphatic heterocycles. The monoisotopic (exact) mass is 274 g/mol. The van der Waals surface area contributed by atoms with E-state index in [-0.39, 0.29) is 12.1 Å². The molecule has 2 bridgehead atoms. The van der Waals surface area contributed by atoms with E-state index in [9.17, 15) is 5.11 Å². The van der Waals surface area contributed by atoms with Crippen molar-refractivity contribution in [2.75, 3.05) is 13.2 Å². The Morgan fingerprint density at radius 3 is 2.80 bits per heavy atom. The molecule has 0 saturated carbocycles. The number of ether oxygens (including phenoxy) is 1. The minimum absolute atomic E-state index is 0.222. The van der Waals surface area contributed by atoms with E-state index in [2.05, 4.69) is 10.3 Å². The quantitative estimate of drug-likeness (QED) is 0.824. The topological polar surface area (TPSA) is 67.5 Å². The molecule has 1 aromatic carbocycles. The van der Waals surface area contributed by atoms with Gasteiger partial charge >= 0.3 is 0 Å². The zero-order chi connectivity index (χ0) is 13.7. The van der Waals surface area contributed by atoms with E-state index in [0.717, 1.165) is 16.7 Å². The predicted molar refractivity (Wildman–Crippen MR) is 73.4 cm³/mol. The lowest BCUT2D eigenvalue weighted by molar-refractivity contribution is -0.0802. The molecule has 5 heteroatoms. The fourth-order valence-electron chi connectivity index (χ4n) is 3.48. The minimum atomic E-state index is -0.806. The van der Waals surface area contributed by atoms with E-state index < -0.39 is 5.60 Å². The van der Waals surface area contributed by atoms with Gasteiger partial charge in [-0.1, -0.05) is 6.07 Å². The van der Waals surface area contributed by atoms with Crippen molar-refractivity contribution in [2.45, 2.75) is 37.5 Å². The molecule has 2 fully saturated rings. The van der Waals surface area contributed by atoms with E-state index in [0.29, 0.717) is 31.9 Å². The maximum absolute atomic E-state index is 11.1. The normalized spacial score (nSPS) is 33.5. The zero-order valence-electron chi connectivity index (χ0n) is 11.4. The maximum Gasteiger partial charge on any atom is 0.192 e. The van der Waals surface area contributed by atoms with Crippen molar-refractivity contribution in [3.63, 3.8) is 0 Å². The molecule has 0 spiro atoms. The molecule has 1 aromatic heterocycles. The number of piperidine rings is 1. The maximum atomic E-state index is 11.1.